The van der Waals surface area contributed by atoms with E-state index in [1.54, 1.807) is 12.1 Å². The zero-order valence-electron chi connectivity index (χ0n) is 11.8. The first kappa shape index (κ1) is 14.1. The summed E-state index contributed by atoms with van der Waals surface area (Å²) in [6.45, 7) is 0. The zero-order chi connectivity index (χ0) is 15.0. The molecule has 0 N–H and O–H groups in total. The number of hydrogen-bond acceptors (Lipinski definition) is 2. The van der Waals surface area contributed by atoms with E-state index in [2.05, 4.69) is 36.3 Å². The second-order valence-corrected chi connectivity index (χ2v) is 5.88. The van der Waals surface area contributed by atoms with Crippen LogP contribution in [0.4, 0.5) is 10.1 Å². The van der Waals surface area contributed by atoms with Crippen molar-refractivity contribution in [2.24, 2.45) is 0 Å². The predicted molar refractivity (Wildman–Crippen MR) is 86.4 cm³/mol. The van der Waals surface area contributed by atoms with E-state index in [4.69, 9.17) is 0 Å². The molecule has 0 saturated carbocycles. The summed E-state index contributed by atoms with van der Waals surface area (Å²) in [5, 5.41) is 0. The number of hydrogen-bond donors (Lipinski definition) is 0. The number of fused-ring (bicyclic) bond motifs is 1. The highest BCUT2D eigenvalue weighted by molar-refractivity contribution is 9.10. The second kappa shape index (κ2) is 5.48. The van der Waals surface area contributed by atoms with E-state index in [1.807, 2.05) is 26.4 Å². The smallest absolute Gasteiger partial charge is 0.134 e. The van der Waals surface area contributed by atoms with Gasteiger partial charge >= 0.3 is 0 Å². The molecule has 108 valence electrons. The Labute approximate surface area is 131 Å². The van der Waals surface area contributed by atoms with Crippen LogP contribution < -0.4 is 4.90 Å². The van der Waals surface area contributed by atoms with Crippen molar-refractivity contribution in [3.63, 3.8) is 0 Å². The van der Waals surface area contributed by atoms with Gasteiger partial charge in [-0.25, -0.2) is 9.37 Å². The van der Waals surface area contributed by atoms with Gasteiger partial charge in [0, 0.05) is 26.7 Å². The molecule has 3 aromatic rings. The van der Waals surface area contributed by atoms with Crippen LogP contribution in [0.25, 0.3) is 5.52 Å². The number of anilines is 1. The van der Waals surface area contributed by atoms with Gasteiger partial charge in [0.1, 0.15) is 21.8 Å². The van der Waals surface area contributed by atoms with E-state index in [0.717, 1.165) is 27.2 Å². The van der Waals surface area contributed by atoms with Gasteiger partial charge in [-0.1, -0.05) is 12.1 Å². The summed E-state index contributed by atoms with van der Waals surface area (Å²) in [6.07, 6.45) is 2.66. The molecule has 21 heavy (non-hydrogen) atoms. The molecular weight excluding hydrogens is 333 g/mol. The van der Waals surface area contributed by atoms with Gasteiger partial charge in [-0.05, 0) is 45.8 Å². The number of nitrogens with zero attached hydrogens (tertiary/aromatic N) is 3. The van der Waals surface area contributed by atoms with Gasteiger partial charge in [-0.2, -0.15) is 0 Å². The van der Waals surface area contributed by atoms with Crippen LogP contribution in [0.1, 0.15) is 11.4 Å². The minimum atomic E-state index is -0.220. The molecule has 1 aromatic carbocycles. The first-order valence-electron chi connectivity index (χ1n) is 6.63. The topological polar surface area (TPSA) is 20.5 Å². The van der Waals surface area contributed by atoms with E-state index in [0.29, 0.717) is 6.42 Å². The molecule has 3 rings (SSSR count). The molecule has 0 amide bonds. The summed E-state index contributed by atoms with van der Waals surface area (Å²) in [7, 11) is 4.02. The highest BCUT2D eigenvalue weighted by Gasteiger charge is 2.14. The number of aromatic nitrogens is 2. The van der Waals surface area contributed by atoms with Crippen LogP contribution in [0.5, 0.6) is 0 Å². The van der Waals surface area contributed by atoms with Gasteiger partial charge in [0.05, 0.1) is 5.69 Å². The molecule has 0 saturated heterocycles. The lowest BCUT2D eigenvalue weighted by molar-refractivity contribution is 0.627. The molecule has 0 radical (unpaired) electrons. The molecule has 0 aliphatic carbocycles. The average molecular weight is 348 g/mol. The zero-order valence-corrected chi connectivity index (χ0v) is 13.4. The van der Waals surface area contributed by atoms with Gasteiger partial charge in [0.25, 0.3) is 0 Å². The van der Waals surface area contributed by atoms with Gasteiger partial charge in [0.2, 0.25) is 0 Å². The van der Waals surface area contributed by atoms with Crippen LogP contribution in [0.3, 0.4) is 0 Å². The van der Waals surface area contributed by atoms with Crippen molar-refractivity contribution < 1.29 is 4.39 Å². The fraction of sp³-hybridized carbons (Fsp3) is 0.188. The molecule has 3 nitrogen and oxygen atoms in total. The third-order valence-electron chi connectivity index (χ3n) is 3.43. The first-order valence-corrected chi connectivity index (χ1v) is 7.43. The number of rotatable bonds is 3. The van der Waals surface area contributed by atoms with Crippen molar-refractivity contribution in [1.82, 2.24) is 9.38 Å². The molecule has 2 aromatic heterocycles. The molecule has 0 aliphatic heterocycles. The SMILES string of the molecule is CN(C)c1cccn2c(Cc3ccc(F)cc3)nc(Br)c12. The normalized spacial score (nSPS) is 11.0. The van der Waals surface area contributed by atoms with Crippen molar-refractivity contribution >= 4 is 27.1 Å². The Morgan fingerprint density at radius 1 is 1.19 bits per heavy atom. The van der Waals surface area contributed by atoms with Gasteiger partial charge in [0.15, 0.2) is 0 Å². The summed E-state index contributed by atoms with van der Waals surface area (Å²) >= 11 is 3.54. The summed E-state index contributed by atoms with van der Waals surface area (Å²) < 4.78 is 15.9. The van der Waals surface area contributed by atoms with E-state index >= 15 is 0 Å². The number of imidazole rings is 1. The Morgan fingerprint density at radius 3 is 2.57 bits per heavy atom. The van der Waals surface area contributed by atoms with Crippen LogP contribution in [-0.2, 0) is 6.42 Å². The maximum atomic E-state index is 13.0. The molecule has 0 aliphatic rings. The fourth-order valence-corrected chi connectivity index (χ4v) is 3.01. The van der Waals surface area contributed by atoms with Crippen LogP contribution in [0.2, 0.25) is 0 Å². The quantitative estimate of drug-likeness (QED) is 0.716. The molecule has 5 heteroatoms. The van der Waals surface area contributed by atoms with Gasteiger partial charge in [-0.15, -0.1) is 0 Å². The summed E-state index contributed by atoms with van der Waals surface area (Å²) in [5.74, 6) is 0.704. The lowest BCUT2D eigenvalue weighted by atomic mass is 10.1. The van der Waals surface area contributed by atoms with E-state index in [1.165, 1.54) is 12.1 Å². The Bertz CT molecular complexity index is 778. The minimum Gasteiger partial charge on any atom is -0.376 e. The lowest BCUT2D eigenvalue weighted by Crippen LogP contribution is -2.10. The Kier molecular flexibility index (Phi) is 3.68. The second-order valence-electron chi connectivity index (χ2n) is 5.13. The third kappa shape index (κ3) is 2.65. The van der Waals surface area contributed by atoms with Crippen LogP contribution in [-0.4, -0.2) is 23.5 Å². The van der Waals surface area contributed by atoms with Crippen LogP contribution in [0.15, 0.2) is 47.2 Å². The Morgan fingerprint density at radius 2 is 1.90 bits per heavy atom. The largest absolute Gasteiger partial charge is 0.376 e. The Balaban J connectivity index is 2.08. The monoisotopic (exact) mass is 347 g/mol. The van der Waals surface area contributed by atoms with E-state index in [-0.39, 0.29) is 5.82 Å². The highest BCUT2D eigenvalue weighted by atomic mass is 79.9. The molecule has 0 bridgehead atoms. The number of benzene rings is 1. The number of pyridine rings is 1. The summed E-state index contributed by atoms with van der Waals surface area (Å²) in [5.41, 5.74) is 3.17. The predicted octanol–water partition coefficient (Wildman–Crippen LogP) is 3.89. The van der Waals surface area contributed by atoms with Crippen molar-refractivity contribution in [3.8, 4) is 0 Å². The highest BCUT2D eigenvalue weighted by Crippen LogP contribution is 2.28. The maximum Gasteiger partial charge on any atom is 0.134 e. The molecule has 0 atom stereocenters. The fourth-order valence-electron chi connectivity index (χ4n) is 2.41. The molecule has 0 fully saturated rings. The van der Waals surface area contributed by atoms with Crippen LogP contribution >= 0.6 is 15.9 Å². The molecule has 2 heterocycles. The summed E-state index contributed by atoms with van der Waals surface area (Å²) in [6, 6.07) is 10.6. The third-order valence-corrected chi connectivity index (χ3v) is 3.98. The van der Waals surface area contributed by atoms with Crippen molar-refractivity contribution in [2.75, 3.05) is 19.0 Å². The van der Waals surface area contributed by atoms with Crippen molar-refractivity contribution in [1.29, 1.82) is 0 Å². The molecule has 0 unspecified atom stereocenters. The Hall–Kier alpha value is -1.88. The number of halogens is 2. The van der Waals surface area contributed by atoms with Crippen molar-refractivity contribution in [2.45, 2.75) is 6.42 Å². The van der Waals surface area contributed by atoms with E-state index in [9.17, 15) is 4.39 Å². The minimum absolute atomic E-state index is 0.220. The maximum absolute atomic E-state index is 13.0. The van der Waals surface area contributed by atoms with Gasteiger partial charge in [-0.3, -0.25) is 0 Å². The average Bonchev–Trinajstić information content (AvgIpc) is 2.78. The van der Waals surface area contributed by atoms with E-state index < -0.39 is 0 Å². The summed E-state index contributed by atoms with van der Waals surface area (Å²) in [4.78, 5) is 6.67. The van der Waals surface area contributed by atoms with Crippen LogP contribution in [0, 0.1) is 5.82 Å². The first-order chi connectivity index (χ1) is 10.1. The van der Waals surface area contributed by atoms with Gasteiger partial charge < -0.3 is 9.30 Å². The molecular formula is C16H15BrFN3. The van der Waals surface area contributed by atoms with Crippen molar-refractivity contribution in [3.05, 3.63) is 64.4 Å². The lowest BCUT2D eigenvalue weighted by Gasteiger charge is -2.14. The molecule has 0 spiro atoms. The standard InChI is InChI=1S/C16H15BrFN3/c1-20(2)13-4-3-9-21-14(19-16(17)15(13)21)10-11-5-7-12(18)8-6-11/h3-9H,10H2,1-2H3.